The second-order valence-corrected chi connectivity index (χ2v) is 35.1. The Balaban J connectivity index is 5.20. The molecule has 0 aliphatic rings. The van der Waals surface area contributed by atoms with Gasteiger partial charge in [-0.2, -0.15) is 0 Å². The van der Waals surface area contributed by atoms with Crippen LogP contribution < -0.4 is 0 Å². The van der Waals surface area contributed by atoms with Gasteiger partial charge < -0.3 is 33.8 Å². The summed E-state index contributed by atoms with van der Waals surface area (Å²) in [4.78, 5) is 73.3. The van der Waals surface area contributed by atoms with Crippen LogP contribution in [0.25, 0.3) is 0 Å². The fraction of sp³-hybridized carbons (Fsp3) is 0.955. The number of phosphoric acid groups is 2. The predicted molar refractivity (Wildman–Crippen MR) is 446 cm³/mol. The molecule has 0 amide bonds. The van der Waals surface area contributed by atoms with Crippen molar-refractivity contribution in [3.05, 3.63) is 0 Å². The first-order valence-corrected chi connectivity index (χ1v) is 49.2. The van der Waals surface area contributed by atoms with Crippen LogP contribution in [0.5, 0.6) is 0 Å². The Morgan fingerprint density at radius 1 is 0.259 bits per heavy atom. The zero-order valence-electron chi connectivity index (χ0n) is 71.0. The molecule has 17 nitrogen and oxygen atoms in total. The van der Waals surface area contributed by atoms with Crippen molar-refractivity contribution in [1.82, 2.24) is 0 Å². The second-order valence-electron chi connectivity index (χ2n) is 32.2. The van der Waals surface area contributed by atoms with E-state index in [4.69, 9.17) is 37.0 Å². The number of unbranched alkanes of at least 4 members (excludes halogenated alkanes) is 60. The van der Waals surface area contributed by atoms with E-state index in [9.17, 15) is 43.2 Å². The third-order valence-electron chi connectivity index (χ3n) is 21.4. The molecule has 108 heavy (non-hydrogen) atoms. The quantitative estimate of drug-likeness (QED) is 0.0222. The van der Waals surface area contributed by atoms with Gasteiger partial charge in [0, 0.05) is 25.7 Å². The van der Waals surface area contributed by atoms with Gasteiger partial charge in [-0.1, -0.05) is 433 Å². The first kappa shape index (κ1) is 106. The maximum absolute atomic E-state index is 13.2. The summed E-state index contributed by atoms with van der Waals surface area (Å²) in [6.07, 6.45) is 76.7. The molecule has 3 unspecified atom stereocenters. The summed E-state index contributed by atoms with van der Waals surface area (Å²) < 4.78 is 68.9. The Bertz CT molecular complexity index is 2050. The third kappa shape index (κ3) is 80.7. The van der Waals surface area contributed by atoms with Crippen LogP contribution in [-0.4, -0.2) is 96.7 Å². The van der Waals surface area contributed by atoms with E-state index in [1.165, 1.54) is 302 Å². The molecule has 0 aliphatic carbocycles. The monoisotopic (exact) mass is 1580 g/mol. The van der Waals surface area contributed by atoms with Crippen molar-refractivity contribution in [2.24, 2.45) is 5.92 Å². The topological polar surface area (TPSA) is 237 Å². The first-order chi connectivity index (χ1) is 52.6. The molecule has 0 fully saturated rings. The molecule has 0 aromatic rings. The van der Waals surface area contributed by atoms with Crippen LogP contribution in [0, 0.1) is 5.92 Å². The van der Waals surface area contributed by atoms with Crippen LogP contribution in [-0.2, 0) is 65.4 Å². The van der Waals surface area contributed by atoms with Gasteiger partial charge in [-0.05, 0) is 31.6 Å². The predicted octanol–water partition coefficient (Wildman–Crippen LogP) is 27.5. The van der Waals surface area contributed by atoms with Crippen molar-refractivity contribution in [3.63, 3.8) is 0 Å². The highest BCUT2D eigenvalue weighted by molar-refractivity contribution is 7.47. The third-order valence-corrected chi connectivity index (χ3v) is 23.3. The minimum atomic E-state index is -4.97. The van der Waals surface area contributed by atoms with E-state index in [0.717, 1.165) is 102 Å². The summed E-state index contributed by atoms with van der Waals surface area (Å²) in [7, 11) is -9.93. The maximum atomic E-state index is 13.2. The molecule has 0 bridgehead atoms. The Kier molecular flexibility index (Phi) is 80.2. The number of carbonyl (C=O) groups excluding carboxylic acids is 4. The lowest BCUT2D eigenvalue weighted by Crippen LogP contribution is -2.30. The number of esters is 4. The fourth-order valence-corrected chi connectivity index (χ4v) is 15.5. The van der Waals surface area contributed by atoms with E-state index in [2.05, 4.69) is 34.6 Å². The van der Waals surface area contributed by atoms with Gasteiger partial charge in [0.05, 0.1) is 26.4 Å². The number of phosphoric ester groups is 2. The van der Waals surface area contributed by atoms with Crippen molar-refractivity contribution < 1.29 is 80.2 Å². The summed E-state index contributed by atoms with van der Waals surface area (Å²) in [6.45, 7) is 7.33. The zero-order valence-corrected chi connectivity index (χ0v) is 72.8. The van der Waals surface area contributed by atoms with Crippen LogP contribution in [0.2, 0.25) is 0 Å². The molecule has 3 N–H and O–H groups in total. The van der Waals surface area contributed by atoms with Gasteiger partial charge in [-0.25, -0.2) is 9.13 Å². The largest absolute Gasteiger partial charge is 0.472 e. The Labute approximate surface area is 664 Å². The summed E-state index contributed by atoms with van der Waals surface area (Å²) in [6, 6.07) is 0. The van der Waals surface area contributed by atoms with E-state index < -0.39 is 97.5 Å². The average molecular weight is 1580 g/mol. The lowest BCUT2D eigenvalue weighted by atomic mass is 10.00. The molecular formula is C89H174O17P2. The van der Waals surface area contributed by atoms with E-state index in [1.54, 1.807) is 0 Å². The molecule has 0 heterocycles. The van der Waals surface area contributed by atoms with Crippen molar-refractivity contribution in [1.29, 1.82) is 0 Å². The maximum Gasteiger partial charge on any atom is 0.472 e. The lowest BCUT2D eigenvalue weighted by Gasteiger charge is -2.21. The number of aliphatic hydroxyl groups is 1. The highest BCUT2D eigenvalue weighted by Gasteiger charge is 2.31. The van der Waals surface area contributed by atoms with Crippen LogP contribution in [0.15, 0.2) is 0 Å². The van der Waals surface area contributed by atoms with Crippen molar-refractivity contribution in [2.45, 2.75) is 502 Å². The van der Waals surface area contributed by atoms with E-state index in [0.29, 0.717) is 25.7 Å². The Morgan fingerprint density at radius 2 is 0.444 bits per heavy atom. The fourth-order valence-electron chi connectivity index (χ4n) is 14.0. The highest BCUT2D eigenvalue weighted by Crippen LogP contribution is 2.45. The lowest BCUT2D eigenvalue weighted by molar-refractivity contribution is -0.161. The molecular weight excluding hydrogens is 1400 g/mol. The van der Waals surface area contributed by atoms with Crippen LogP contribution in [0.3, 0.4) is 0 Å². The molecule has 642 valence electrons. The molecule has 0 spiro atoms. The summed E-state index contributed by atoms with van der Waals surface area (Å²) in [5.41, 5.74) is 0. The van der Waals surface area contributed by atoms with Crippen LogP contribution in [0.1, 0.15) is 484 Å². The molecule has 0 saturated carbocycles. The molecule has 6 atom stereocenters. The van der Waals surface area contributed by atoms with Crippen LogP contribution in [0.4, 0.5) is 0 Å². The molecule has 0 rings (SSSR count). The van der Waals surface area contributed by atoms with Crippen molar-refractivity contribution in [3.8, 4) is 0 Å². The first-order valence-electron chi connectivity index (χ1n) is 46.2. The van der Waals surface area contributed by atoms with Gasteiger partial charge in [-0.15, -0.1) is 0 Å². The molecule has 0 aromatic heterocycles. The van der Waals surface area contributed by atoms with Crippen molar-refractivity contribution in [2.75, 3.05) is 39.6 Å². The van der Waals surface area contributed by atoms with Crippen molar-refractivity contribution >= 4 is 39.5 Å². The number of carbonyl (C=O) groups is 4. The van der Waals surface area contributed by atoms with Gasteiger partial charge in [-0.3, -0.25) is 37.3 Å². The Morgan fingerprint density at radius 3 is 0.657 bits per heavy atom. The van der Waals surface area contributed by atoms with Gasteiger partial charge in [0.2, 0.25) is 0 Å². The van der Waals surface area contributed by atoms with E-state index in [1.807, 2.05) is 0 Å². The summed E-state index contributed by atoms with van der Waals surface area (Å²) in [5, 5.41) is 10.7. The molecule has 0 aliphatic heterocycles. The molecule has 19 heteroatoms. The van der Waals surface area contributed by atoms with E-state index >= 15 is 0 Å². The minimum Gasteiger partial charge on any atom is -0.462 e. The number of aliphatic hydroxyl groups excluding tert-OH is 1. The van der Waals surface area contributed by atoms with Gasteiger partial charge in [0.1, 0.15) is 19.3 Å². The minimum absolute atomic E-state index is 0.108. The second kappa shape index (κ2) is 81.6. The highest BCUT2D eigenvalue weighted by atomic mass is 31.2. The average Bonchev–Trinajstić information content (AvgIpc) is 0.899. The number of rotatable bonds is 89. The molecule has 0 aromatic carbocycles. The SMILES string of the molecule is CCCCCCCCCCCCCCCCCCCCCCCCC(=O)OC[C@H](COP(=O)(O)OC[C@@H](O)COP(=O)(O)OC[C@@H](COC(=O)CCCCCCCCC(C)CC)OC(=O)CCCCCCCCCCCCCCCC)OC(=O)CCCCCCCCCCCCCCCCCCCCCCCC. The Hall–Kier alpha value is -1.94. The number of hydrogen-bond acceptors (Lipinski definition) is 15. The summed E-state index contributed by atoms with van der Waals surface area (Å²) in [5.74, 6) is -1.37. The summed E-state index contributed by atoms with van der Waals surface area (Å²) >= 11 is 0. The normalized spacial score (nSPS) is 14.0. The van der Waals surface area contributed by atoms with Gasteiger partial charge in [0.15, 0.2) is 12.2 Å². The smallest absolute Gasteiger partial charge is 0.462 e. The van der Waals surface area contributed by atoms with Crippen LogP contribution >= 0.6 is 15.6 Å². The van der Waals surface area contributed by atoms with Gasteiger partial charge in [0.25, 0.3) is 0 Å². The number of hydrogen-bond donors (Lipinski definition) is 3. The van der Waals surface area contributed by atoms with E-state index in [-0.39, 0.29) is 25.7 Å². The standard InChI is InChI=1S/C89H174O17P2/c1-6-10-13-16-19-22-25-28-31-33-35-37-39-41-43-45-48-50-53-56-62-67-72-86(91)99-78-84(105-88(93)75-70-65-58-55-52-49-46-44-42-40-38-36-34-32-29-26-23-20-17-14-11-7-2)80-103-107(95,96)101-76-83(90)77-102-108(97,98)104-81-85(79-100-87(92)73-68-63-60-59-61-66-71-82(5)9-4)106-89(94)74-69-64-57-54-51-47-30-27-24-21-18-15-12-8-3/h82-85,90H,6-81H2,1-5H3,(H,95,96)(H,97,98)/t82?,83-,84-,85-/m1/s1. The molecule has 0 radical (unpaired) electrons. The van der Waals surface area contributed by atoms with Gasteiger partial charge >= 0.3 is 39.5 Å². The zero-order chi connectivity index (χ0) is 79.0. The number of ether oxygens (including phenoxy) is 4. The molecule has 0 saturated heterocycles.